The van der Waals surface area contributed by atoms with E-state index in [0.29, 0.717) is 23.0 Å². The first-order valence-electron chi connectivity index (χ1n) is 6.58. The lowest BCUT2D eigenvalue weighted by molar-refractivity contribution is 0.0948. The Morgan fingerprint density at radius 1 is 1.58 bits per heavy atom. The van der Waals surface area contributed by atoms with Crippen molar-refractivity contribution >= 4 is 17.0 Å². The Balaban J connectivity index is 1.69. The van der Waals surface area contributed by atoms with Gasteiger partial charge in [-0.05, 0) is 43.6 Å². The van der Waals surface area contributed by atoms with Crippen molar-refractivity contribution in [1.82, 2.24) is 15.6 Å². The van der Waals surface area contributed by atoms with Gasteiger partial charge in [0.05, 0.1) is 0 Å². The highest BCUT2D eigenvalue weighted by molar-refractivity contribution is 5.97. The Bertz CT molecular complexity index is 600. The van der Waals surface area contributed by atoms with E-state index >= 15 is 0 Å². The van der Waals surface area contributed by atoms with Crippen molar-refractivity contribution in [2.75, 3.05) is 19.6 Å². The number of aryl methyl sites for hydroxylation is 1. The van der Waals surface area contributed by atoms with E-state index in [1.807, 2.05) is 0 Å². The molecule has 2 aromatic rings. The highest BCUT2D eigenvalue weighted by Gasteiger charge is 2.16. The lowest BCUT2D eigenvalue weighted by Crippen LogP contribution is -2.30. The van der Waals surface area contributed by atoms with E-state index in [-0.39, 0.29) is 5.91 Å². The minimum absolute atomic E-state index is 0.0468. The Morgan fingerprint density at radius 2 is 2.47 bits per heavy atom. The largest absolute Gasteiger partial charge is 0.441 e. The number of rotatable bonds is 3. The van der Waals surface area contributed by atoms with Gasteiger partial charge in [-0.1, -0.05) is 0 Å². The summed E-state index contributed by atoms with van der Waals surface area (Å²) in [6.07, 6.45) is 1.13. The van der Waals surface area contributed by atoms with Crippen LogP contribution in [-0.2, 0) is 0 Å². The maximum Gasteiger partial charge on any atom is 0.251 e. The van der Waals surface area contributed by atoms with E-state index < -0.39 is 0 Å². The zero-order chi connectivity index (χ0) is 13.2. The molecule has 5 nitrogen and oxygen atoms in total. The molecule has 1 aromatic carbocycles. The molecule has 19 heavy (non-hydrogen) atoms. The van der Waals surface area contributed by atoms with Crippen LogP contribution in [-0.4, -0.2) is 30.5 Å². The van der Waals surface area contributed by atoms with Crippen molar-refractivity contribution in [1.29, 1.82) is 0 Å². The van der Waals surface area contributed by atoms with Crippen LogP contribution in [0.2, 0.25) is 0 Å². The van der Waals surface area contributed by atoms with Gasteiger partial charge in [0, 0.05) is 19.0 Å². The molecule has 1 fully saturated rings. The lowest BCUT2D eigenvalue weighted by atomic mass is 10.1. The van der Waals surface area contributed by atoms with Crippen molar-refractivity contribution < 1.29 is 9.21 Å². The third-order valence-corrected chi connectivity index (χ3v) is 3.47. The summed E-state index contributed by atoms with van der Waals surface area (Å²) >= 11 is 0. The van der Waals surface area contributed by atoms with Crippen LogP contribution in [0.5, 0.6) is 0 Å². The molecule has 0 aliphatic carbocycles. The van der Waals surface area contributed by atoms with Crippen LogP contribution in [0.4, 0.5) is 0 Å². The van der Waals surface area contributed by atoms with Gasteiger partial charge in [-0.25, -0.2) is 4.98 Å². The molecule has 1 aliphatic rings. The number of nitrogens with one attached hydrogen (secondary N) is 2. The fraction of sp³-hybridized carbons (Fsp3) is 0.429. The van der Waals surface area contributed by atoms with Crippen LogP contribution in [0.25, 0.3) is 11.1 Å². The molecule has 2 N–H and O–H groups in total. The van der Waals surface area contributed by atoms with Gasteiger partial charge in [-0.15, -0.1) is 0 Å². The Kier molecular flexibility index (Phi) is 3.21. The summed E-state index contributed by atoms with van der Waals surface area (Å²) in [4.78, 5) is 16.3. The number of fused-ring (bicyclic) bond motifs is 1. The Morgan fingerprint density at radius 3 is 3.26 bits per heavy atom. The van der Waals surface area contributed by atoms with Crippen LogP contribution in [0.3, 0.4) is 0 Å². The number of aromatic nitrogens is 1. The van der Waals surface area contributed by atoms with Crippen molar-refractivity contribution in [3.8, 4) is 0 Å². The molecule has 1 saturated heterocycles. The predicted molar refractivity (Wildman–Crippen MR) is 72.1 cm³/mol. The molecule has 3 rings (SSSR count). The van der Waals surface area contributed by atoms with Gasteiger partial charge in [-0.3, -0.25) is 4.79 Å². The normalized spacial score (nSPS) is 18.9. The molecule has 2 heterocycles. The standard InChI is InChI=1S/C14H17N3O2/c1-9-17-12-6-11(2-3-13(12)19-9)14(18)16-8-10-4-5-15-7-10/h2-3,6,10,15H,4-5,7-8H2,1H3,(H,16,18). The molecule has 0 bridgehead atoms. The minimum atomic E-state index is -0.0468. The van der Waals surface area contributed by atoms with Gasteiger partial charge < -0.3 is 15.1 Å². The molecule has 5 heteroatoms. The van der Waals surface area contributed by atoms with E-state index in [0.717, 1.165) is 31.6 Å². The smallest absolute Gasteiger partial charge is 0.251 e. The van der Waals surface area contributed by atoms with Gasteiger partial charge in [0.1, 0.15) is 5.52 Å². The zero-order valence-electron chi connectivity index (χ0n) is 10.9. The summed E-state index contributed by atoms with van der Waals surface area (Å²) in [5, 5.41) is 6.26. The second-order valence-electron chi connectivity index (χ2n) is 4.98. The number of benzene rings is 1. The summed E-state index contributed by atoms with van der Waals surface area (Å²) in [6.45, 7) is 4.56. The summed E-state index contributed by atoms with van der Waals surface area (Å²) in [5.41, 5.74) is 2.08. The monoisotopic (exact) mass is 259 g/mol. The van der Waals surface area contributed by atoms with Gasteiger partial charge >= 0.3 is 0 Å². The molecule has 1 unspecified atom stereocenters. The van der Waals surface area contributed by atoms with Crippen molar-refractivity contribution in [3.63, 3.8) is 0 Å². The van der Waals surface area contributed by atoms with E-state index in [1.165, 1.54) is 0 Å². The third kappa shape index (κ3) is 2.61. The summed E-state index contributed by atoms with van der Waals surface area (Å²) in [7, 11) is 0. The molecular weight excluding hydrogens is 242 g/mol. The van der Waals surface area contributed by atoms with Crippen molar-refractivity contribution in [3.05, 3.63) is 29.7 Å². The fourth-order valence-electron chi connectivity index (χ4n) is 2.41. The number of nitrogens with zero attached hydrogens (tertiary/aromatic N) is 1. The first kappa shape index (κ1) is 12.2. The number of carbonyl (C=O) groups excluding carboxylic acids is 1. The zero-order valence-corrected chi connectivity index (χ0v) is 10.9. The van der Waals surface area contributed by atoms with Crippen molar-refractivity contribution in [2.45, 2.75) is 13.3 Å². The van der Waals surface area contributed by atoms with Gasteiger partial charge in [0.25, 0.3) is 5.91 Å². The quantitative estimate of drug-likeness (QED) is 0.876. The maximum atomic E-state index is 12.1. The predicted octanol–water partition coefficient (Wildman–Crippen LogP) is 1.48. The molecule has 0 radical (unpaired) electrons. The molecule has 0 saturated carbocycles. The second-order valence-corrected chi connectivity index (χ2v) is 4.98. The Labute approximate surface area is 111 Å². The number of carbonyl (C=O) groups is 1. The molecular formula is C14H17N3O2. The molecule has 0 spiro atoms. The minimum Gasteiger partial charge on any atom is -0.441 e. The lowest BCUT2D eigenvalue weighted by Gasteiger charge is -2.09. The van der Waals surface area contributed by atoms with Crippen LogP contribution < -0.4 is 10.6 Å². The van der Waals surface area contributed by atoms with E-state index in [2.05, 4.69) is 15.6 Å². The SMILES string of the molecule is Cc1nc2cc(C(=O)NCC3CCNC3)ccc2o1. The maximum absolute atomic E-state index is 12.1. The molecule has 1 atom stereocenters. The van der Waals surface area contributed by atoms with Gasteiger partial charge in [0.15, 0.2) is 11.5 Å². The van der Waals surface area contributed by atoms with Gasteiger partial charge in [0.2, 0.25) is 0 Å². The third-order valence-electron chi connectivity index (χ3n) is 3.47. The number of hydrogen-bond acceptors (Lipinski definition) is 4. The van der Waals surface area contributed by atoms with Gasteiger partial charge in [-0.2, -0.15) is 0 Å². The van der Waals surface area contributed by atoms with E-state index in [9.17, 15) is 4.79 Å². The molecule has 1 aromatic heterocycles. The number of amides is 1. The van der Waals surface area contributed by atoms with Crippen LogP contribution in [0.15, 0.2) is 22.6 Å². The highest BCUT2D eigenvalue weighted by Crippen LogP contribution is 2.16. The highest BCUT2D eigenvalue weighted by atomic mass is 16.3. The van der Waals surface area contributed by atoms with Crippen LogP contribution >= 0.6 is 0 Å². The second kappa shape index (κ2) is 5.01. The molecule has 100 valence electrons. The number of hydrogen-bond donors (Lipinski definition) is 2. The van der Waals surface area contributed by atoms with Crippen LogP contribution in [0, 0.1) is 12.8 Å². The topological polar surface area (TPSA) is 67.2 Å². The average Bonchev–Trinajstić information content (AvgIpc) is 3.02. The number of oxazole rings is 1. The first-order valence-corrected chi connectivity index (χ1v) is 6.58. The first-order chi connectivity index (χ1) is 9.22. The van der Waals surface area contributed by atoms with E-state index in [1.54, 1.807) is 25.1 Å². The fourth-order valence-corrected chi connectivity index (χ4v) is 2.41. The van der Waals surface area contributed by atoms with E-state index in [4.69, 9.17) is 4.42 Å². The summed E-state index contributed by atoms with van der Waals surface area (Å²) < 4.78 is 5.39. The molecule has 1 aliphatic heterocycles. The Hall–Kier alpha value is -1.88. The van der Waals surface area contributed by atoms with Crippen molar-refractivity contribution in [2.24, 2.45) is 5.92 Å². The molecule has 1 amide bonds. The summed E-state index contributed by atoms with van der Waals surface area (Å²) in [6, 6.07) is 5.34. The summed E-state index contributed by atoms with van der Waals surface area (Å²) in [5.74, 6) is 1.11. The average molecular weight is 259 g/mol. The van der Waals surface area contributed by atoms with Crippen LogP contribution in [0.1, 0.15) is 22.7 Å².